The Balaban J connectivity index is 2.21. The molecule has 0 aliphatic heterocycles. The Labute approximate surface area is 115 Å². The molecule has 1 saturated carbocycles. The maximum Gasteiger partial charge on any atom is 0.573 e. The van der Waals surface area contributed by atoms with Gasteiger partial charge in [0.1, 0.15) is 11.9 Å². The van der Waals surface area contributed by atoms with Crippen LogP contribution in [0.5, 0.6) is 5.75 Å². The molecule has 2 unspecified atom stereocenters. The van der Waals surface area contributed by atoms with Crippen LogP contribution in [0.15, 0.2) is 24.3 Å². The van der Waals surface area contributed by atoms with E-state index in [0.717, 1.165) is 12.8 Å². The number of rotatable bonds is 6. The van der Waals surface area contributed by atoms with E-state index in [1.165, 1.54) is 18.2 Å². The number of aliphatic hydroxyl groups is 1. The maximum absolute atomic E-state index is 12.4. The average molecular weight is 290 g/mol. The fourth-order valence-electron chi connectivity index (χ4n) is 2.22. The van der Waals surface area contributed by atoms with Crippen molar-refractivity contribution in [3.63, 3.8) is 0 Å². The Kier molecular flexibility index (Phi) is 4.55. The van der Waals surface area contributed by atoms with E-state index in [0.29, 0.717) is 6.61 Å². The Morgan fingerprint density at radius 2 is 1.95 bits per heavy atom. The lowest BCUT2D eigenvalue weighted by molar-refractivity contribution is -0.275. The Morgan fingerprint density at radius 3 is 2.50 bits per heavy atom. The number of aliphatic hydroxyl groups excluding tert-OH is 1. The zero-order valence-corrected chi connectivity index (χ0v) is 11.1. The Hall–Kier alpha value is -1.27. The molecule has 1 N–H and O–H groups in total. The van der Waals surface area contributed by atoms with Crippen LogP contribution in [-0.4, -0.2) is 24.2 Å². The fraction of sp³-hybridized carbons (Fsp3) is 0.571. The smallest absolute Gasteiger partial charge is 0.405 e. The van der Waals surface area contributed by atoms with E-state index in [9.17, 15) is 18.3 Å². The van der Waals surface area contributed by atoms with E-state index in [4.69, 9.17) is 4.74 Å². The monoisotopic (exact) mass is 290 g/mol. The lowest BCUT2D eigenvalue weighted by atomic mass is 10.00. The summed E-state index contributed by atoms with van der Waals surface area (Å²) in [7, 11) is 0. The number of alkyl halides is 3. The first-order valence-corrected chi connectivity index (χ1v) is 6.56. The van der Waals surface area contributed by atoms with Gasteiger partial charge in [-0.3, -0.25) is 0 Å². The molecule has 1 aromatic carbocycles. The molecule has 0 aromatic heterocycles. The minimum absolute atomic E-state index is 0.107. The summed E-state index contributed by atoms with van der Waals surface area (Å²) in [4.78, 5) is 0. The third-order valence-corrected chi connectivity index (χ3v) is 3.22. The van der Waals surface area contributed by atoms with Gasteiger partial charge in [-0.2, -0.15) is 0 Å². The van der Waals surface area contributed by atoms with Gasteiger partial charge < -0.3 is 14.6 Å². The molecule has 0 spiro atoms. The number of benzene rings is 1. The van der Waals surface area contributed by atoms with E-state index < -0.39 is 18.6 Å². The molecule has 3 nitrogen and oxygen atoms in total. The molecular weight excluding hydrogens is 273 g/mol. The number of hydrogen-bond donors (Lipinski definition) is 1. The minimum Gasteiger partial charge on any atom is -0.405 e. The van der Waals surface area contributed by atoms with Crippen molar-refractivity contribution in [1.82, 2.24) is 0 Å². The Morgan fingerprint density at radius 1 is 1.30 bits per heavy atom. The van der Waals surface area contributed by atoms with Crippen LogP contribution in [0.1, 0.15) is 31.4 Å². The van der Waals surface area contributed by atoms with Crippen LogP contribution in [0, 0.1) is 5.92 Å². The predicted octanol–water partition coefficient (Wildman–Crippen LogP) is 3.43. The molecular formula is C14H17F3O3. The molecule has 0 radical (unpaired) electrons. The summed E-state index contributed by atoms with van der Waals surface area (Å²) in [6, 6.07) is 5.63. The van der Waals surface area contributed by atoms with Gasteiger partial charge >= 0.3 is 6.36 Å². The topological polar surface area (TPSA) is 38.7 Å². The van der Waals surface area contributed by atoms with E-state index in [2.05, 4.69) is 4.74 Å². The summed E-state index contributed by atoms with van der Waals surface area (Å²) in [5.74, 6) is -0.179. The lowest BCUT2D eigenvalue weighted by Gasteiger charge is -2.25. The summed E-state index contributed by atoms with van der Waals surface area (Å²) in [5, 5.41) is 10.3. The SMILES string of the molecule is CCOC(C1CC1)C(O)c1ccccc1OC(F)(F)F. The van der Waals surface area contributed by atoms with Crippen molar-refractivity contribution in [1.29, 1.82) is 0 Å². The summed E-state index contributed by atoms with van der Waals surface area (Å²) < 4.78 is 46.6. The highest BCUT2D eigenvalue weighted by Crippen LogP contribution is 2.42. The van der Waals surface area contributed by atoms with Crippen LogP contribution in [0.25, 0.3) is 0 Å². The lowest BCUT2D eigenvalue weighted by Crippen LogP contribution is -2.26. The van der Waals surface area contributed by atoms with Crippen molar-refractivity contribution >= 4 is 0 Å². The van der Waals surface area contributed by atoms with Gasteiger partial charge in [-0.1, -0.05) is 18.2 Å². The van der Waals surface area contributed by atoms with Crippen molar-refractivity contribution in [3.8, 4) is 5.75 Å². The third kappa shape index (κ3) is 3.86. The second-order valence-corrected chi connectivity index (χ2v) is 4.79. The maximum atomic E-state index is 12.4. The normalized spacial score (nSPS) is 18.6. The number of hydrogen-bond acceptors (Lipinski definition) is 3. The molecule has 0 heterocycles. The molecule has 1 fully saturated rings. The first-order chi connectivity index (χ1) is 9.42. The second kappa shape index (κ2) is 6.01. The molecule has 1 aromatic rings. The van der Waals surface area contributed by atoms with E-state index in [-0.39, 0.29) is 17.2 Å². The van der Waals surface area contributed by atoms with Crippen molar-refractivity contribution in [3.05, 3.63) is 29.8 Å². The summed E-state index contributed by atoms with van der Waals surface area (Å²) in [6.07, 6.45) is -4.55. The highest BCUT2D eigenvalue weighted by atomic mass is 19.4. The average Bonchev–Trinajstić information content (AvgIpc) is 3.18. The van der Waals surface area contributed by atoms with Gasteiger partial charge in [0.25, 0.3) is 0 Å². The van der Waals surface area contributed by atoms with Crippen LogP contribution < -0.4 is 4.74 Å². The highest BCUT2D eigenvalue weighted by molar-refractivity contribution is 5.36. The number of ether oxygens (including phenoxy) is 2. The third-order valence-electron chi connectivity index (χ3n) is 3.22. The van der Waals surface area contributed by atoms with Gasteiger partial charge in [-0.25, -0.2) is 0 Å². The first kappa shape index (κ1) is 15.1. The largest absolute Gasteiger partial charge is 0.573 e. The van der Waals surface area contributed by atoms with Crippen molar-refractivity contribution in [2.24, 2.45) is 5.92 Å². The molecule has 0 bridgehead atoms. The van der Waals surface area contributed by atoms with Crippen molar-refractivity contribution < 1.29 is 27.8 Å². The molecule has 112 valence electrons. The van der Waals surface area contributed by atoms with E-state index >= 15 is 0 Å². The minimum atomic E-state index is -4.78. The van der Waals surface area contributed by atoms with Crippen LogP contribution in [-0.2, 0) is 4.74 Å². The molecule has 2 rings (SSSR count). The predicted molar refractivity (Wildman–Crippen MR) is 66.2 cm³/mol. The zero-order valence-electron chi connectivity index (χ0n) is 11.1. The fourth-order valence-corrected chi connectivity index (χ4v) is 2.22. The van der Waals surface area contributed by atoms with Crippen LogP contribution in [0.4, 0.5) is 13.2 Å². The van der Waals surface area contributed by atoms with Gasteiger partial charge in [-0.15, -0.1) is 13.2 Å². The van der Waals surface area contributed by atoms with E-state index in [1.807, 2.05) is 0 Å². The molecule has 1 aliphatic carbocycles. The van der Waals surface area contributed by atoms with Crippen molar-refractivity contribution in [2.75, 3.05) is 6.61 Å². The molecule has 0 amide bonds. The number of halogens is 3. The molecule has 6 heteroatoms. The molecule has 0 saturated heterocycles. The van der Waals surface area contributed by atoms with Crippen molar-refractivity contribution in [2.45, 2.75) is 38.3 Å². The first-order valence-electron chi connectivity index (χ1n) is 6.56. The van der Waals surface area contributed by atoms with Gasteiger partial charge in [0.2, 0.25) is 0 Å². The van der Waals surface area contributed by atoms with Gasteiger partial charge in [0.05, 0.1) is 6.10 Å². The highest BCUT2D eigenvalue weighted by Gasteiger charge is 2.39. The quantitative estimate of drug-likeness (QED) is 0.872. The zero-order chi connectivity index (χ0) is 14.8. The second-order valence-electron chi connectivity index (χ2n) is 4.79. The van der Waals surface area contributed by atoms with Crippen LogP contribution in [0.2, 0.25) is 0 Å². The van der Waals surface area contributed by atoms with Gasteiger partial charge in [-0.05, 0) is 31.7 Å². The Bertz CT molecular complexity index is 444. The standard InChI is InChI=1S/C14H17F3O3/c1-2-19-13(9-7-8-9)12(18)10-5-3-4-6-11(10)20-14(15,16)17/h3-6,9,12-13,18H,2,7-8H2,1H3. The summed E-state index contributed by atoms with van der Waals surface area (Å²) in [6.45, 7) is 2.20. The summed E-state index contributed by atoms with van der Waals surface area (Å²) >= 11 is 0. The van der Waals surface area contributed by atoms with Crippen LogP contribution >= 0.6 is 0 Å². The van der Waals surface area contributed by atoms with E-state index in [1.54, 1.807) is 13.0 Å². The summed E-state index contributed by atoms with van der Waals surface area (Å²) in [5.41, 5.74) is 0.107. The molecule has 1 aliphatic rings. The van der Waals surface area contributed by atoms with Gasteiger partial charge in [0.15, 0.2) is 0 Å². The molecule has 2 atom stereocenters. The molecule has 20 heavy (non-hydrogen) atoms. The van der Waals surface area contributed by atoms with Gasteiger partial charge in [0, 0.05) is 12.2 Å². The number of para-hydroxylation sites is 1. The van der Waals surface area contributed by atoms with Crippen LogP contribution in [0.3, 0.4) is 0 Å².